The fourth-order valence-corrected chi connectivity index (χ4v) is 5.78. The number of H-pyrrole nitrogens is 1. The number of rotatable bonds is 9. The summed E-state index contributed by atoms with van der Waals surface area (Å²) < 4.78 is 12.9. The number of aliphatic hydroxyl groups excluding tert-OH is 2. The fourth-order valence-electron chi connectivity index (χ4n) is 3.69. The van der Waals surface area contributed by atoms with Gasteiger partial charge in [0.25, 0.3) is 4.93 Å². The summed E-state index contributed by atoms with van der Waals surface area (Å²) in [4.78, 5) is 33.6. The van der Waals surface area contributed by atoms with Crippen LogP contribution in [-0.4, -0.2) is 97.4 Å². The molecule has 7 N–H and O–H groups in total. The van der Waals surface area contributed by atoms with E-state index in [2.05, 4.69) is 35.6 Å². The monoisotopic (exact) mass is 585 g/mol. The predicted octanol–water partition coefficient (Wildman–Crippen LogP) is -0.300. The van der Waals surface area contributed by atoms with E-state index in [-0.39, 0.29) is 37.9 Å². The number of aliphatic hydroxyl groups is 2. The third-order valence-corrected chi connectivity index (χ3v) is 7.92. The summed E-state index contributed by atoms with van der Waals surface area (Å²) in [6.07, 6.45) is -4.24. The van der Waals surface area contributed by atoms with Crippen LogP contribution in [0.15, 0.2) is 22.7 Å². The lowest BCUT2D eigenvalue weighted by Crippen LogP contribution is -2.41. The number of aromatic nitrogens is 8. The molecule has 38 heavy (non-hydrogen) atoms. The van der Waals surface area contributed by atoms with Crippen LogP contribution in [0, 0.1) is 0 Å². The molecule has 1 unspecified atom stereocenters. The lowest BCUT2D eigenvalue weighted by Gasteiger charge is -2.27. The van der Waals surface area contributed by atoms with Gasteiger partial charge in [0.2, 0.25) is 11.1 Å². The Morgan fingerprint density at radius 1 is 1.32 bits per heavy atom. The Balaban J connectivity index is 1.41. The number of anilines is 1. The molecule has 1 saturated heterocycles. The minimum atomic E-state index is -2.33. The van der Waals surface area contributed by atoms with Crippen LogP contribution < -0.4 is 5.73 Å². The molecule has 0 aliphatic carbocycles. The Hall–Kier alpha value is -3.46. The van der Waals surface area contributed by atoms with Crippen LogP contribution in [-0.2, 0) is 19.2 Å². The van der Waals surface area contributed by atoms with E-state index in [0.717, 1.165) is 11.3 Å². The number of thiophene rings is 1. The maximum absolute atomic E-state index is 12.5. The Morgan fingerprint density at radius 3 is 2.76 bits per heavy atom. The number of fused-ring (bicyclic) bond motifs is 1. The number of ether oxygens (including phenoxy) is 2. The molecule has 1 aliphatic rings. The number of hydrogen-bond donors (Lipinski definition) is 6. The van der Waals surface area contributed by atoms with Crippen LogP contribution in [0.3, 0.4) is 0 Å². The Morgan fingerprint density at radius 2 is 2.11 bits per heavy atom. The number of aromatic carboxylic acids is 1. The molecule has 0 amide bonds. The molecule has 0 spiro atoms. The minimum Gasteiger partial charge on any atom is -0.478 e. The van der Waals surface area contributed by atoms with Gasteiger partial charge in [0, 0.05) is 10.3 Å². The summed E-state index contributed by atoms with van der Waals surface area (Å²) in [6, 6.07) is 1.27. The number of carbonyl (C=O) groups is 2. The van der Waals surface area contributed by atoms with Crippen molar-refractivity contribution in [2.45, 2.75) is 34.4 Å². The first-order valence-electron chi connectivity index (χ1n) is 10.4. The van der Waals surface area contributed by atoms with Gasteiger partial charge in [-0.15, -0.1) is 21.5 Å². The van der Waals surface area contributed by atoms with E-state index in [0.29, 0.717) is 11.8 Å². The van der Waals surface area contributed by atoms with Crippen molar-refractivity contribution in [3.63, 3.8) is 0 Å². The van der Waals surface area contributed by atoms with E-state index in [1.165, 1.54) is 22.3 Å². The third kappa shape index (κ3) is 4.53. The number of carboxylic acid groups (broad SMARTS) is 2. The number of tetrazole rings is 1. The molecular weight excluding hydrogens is 570 g/mol. The molecule has 0 radical (unpaired) electrons. The molecule has 0 bridgehead atoms. The zero-order valence-corrected chi connectivity index (χ0v) is 21.0. The second kappa shape index (κ2) is 10.0. The van der Waals surface area contributed by atoms with Crippen molar-refractivity contribution in [2.24, 2.45) is 0 Å². The van der Waals surface area contributed by atoms with E-state index in [4.69, 9.17) is 26.8 Å². The van der Waals surface area contributed by atoms with E-state index < -0.39 is 48.0 Å². The molecular formula is C18H16ClN9O8S2. The van der Waals surface area contributed by atoms with Gasteiger partial charge in [0.15, 0.2) is 17.7 Å². The van der Waals surface area contributed by atoms with E-state index in [1.807, 2.05) is 0 Å². The molecule has 1 aliphatic heterocycles. The van der Waals surface area contributed by atoms with E-state index in [9.17, 15) is 30.0 Å². The maximum Gasteiger partial charge on any atom is 0.355 e. The molecule has 17 nitrogen and oxygen atoms in total. The van der Waals surface area contributed by atoms with Crippen molar-refractivity contribution in [3.8, 4) is 0 Å². The summed E-state index contributed by atoms with van der Waals surface area (Å²) in [5, 5.41) is 55.0. The molecule has 5 rings (SSSR count). The van der Waals surface area contributed by atoms with Gasteiger partial charge < -0.3 is 35.6 Å². The van der Waals surface area contributed by atoms with Crippen LogP contribution >= 0.6 is 34.7 Å². The highest BCUT2D eigenvalue weighted by atomic mass is 35.5. The topological polar surface area (TPSA) is 258 Å². The second-order valence-corrected chi connectivity index (χ2v) is 10.3. The normalized spacial score (nSPS) is 23.0. The van der Waals surface area contributed by atoms with Crippen LogP contribution in [0.2, 0.25) is 5.28 Å². The zero-order valence-electron chi connectivity index (χ0n) is 18.6. The Labute approximate surface area is 223 Å². The first-order valence-corrected chi connectivity index (χ1v) is 12.5. The number of halogens is 1. The van der Waals surface area contributed by atoms with Crippen molar-refractivity contribution in [1.82, 2.24) is 40.1 Å². The molecule has 5 heterocycles. The van der Waals surface area contributed by atoms with Gasteiger partial charge >= 0.3 is 11.9 Å². The fraction of sp³-hybridized carbons (Fsp3) is 0.333. The van der Waals surface area contributed by atoms with Gasteiger partial charge in [-0.2, -0.15) is 15.2 Å². The first-order chi connectivity index (χ1) is 18.1. The molecule has 5 atom stereocenters. The molecule has 200 valence electrons. The van der Waals surface area contributed by atoms with Gasteiger partial charge in [-0.05, 0) is 17.7 Å². The van der Waals surface area contributed by atoms with Gasteiger partial charge in [0.1, 0.15) is 28.7 Å². The summed E-state index contributed by atoms with van der Waals surface area (Å²) in [5.74, 6) is -3.12. The van der Waals surface area contributed by atoms with E-state index in [1.54, 1.807) is 0 Å². The number of hydrogen-bond acceptors (Lipinski definition) is 15. The van der Waals surface area contributed by atoms with Crippen LogP contribution in [0.25, 0.3) is 11.2 Å². The number of nitrogens with zero attached hydrogens (tertiary/aromatic N) is 7. The standard InChI is InChI=1S/C18H16ClN9O8S2/c19-17-22-11(20)8-12(23-17)28(4-21-8)13-10(30)9(29)6(36-13)2-35-18(16(33)34,15-24-26-27-25-15)38-5-1-7(14(31)32)37-3-5/h1,3-4,6,9-10,13,29-30H,2H2,(H,31,32)(H,33,34)(H2,20,22,23)(H,24,25,26,27)/t6-,9-,10-,13-,18?/m1/s1. The molecule has 0 aromatic carbocycles. The smallest absolute Gasteiger partial charge is 0.355 e. The molecule has 20 heteroatoms. The SMILES string of the molecule is Nc1nc(Cl)nc2c1ncn2[C@@H]1O[C@H](COC(Sc2csc(C(=O)O)c2)(C(=O)O)c2nn[nH]n2)[C@@H](O)[C@H]1O. The van der Waals surface area contributed by atoms with Crippen molar-refractivity contribution >= 4 is 63.6 Å². The average molecular weight is 586 g/mol. The summed E-state index contributed by atoms with van der Waals surface area (Å²) in [5.41, 5.74) is 6.14. The second-order valence-electron chi connectivity index (χ2n) is 7.77. The summed E-state index contributed by atoms with van der Waals surface area (Å²) >= 11 is 7.39. The van der Waals surface area contributed by atoms with Crippen molar-refractivity contribution in [1.29, 1.82) is 0 Å². The number of nitrogens with two attached hydrogens (primary N) is 1. The Bertz CT molecular complexity index is 1500. The Kier molecular flexibility index (Phi) is 6.90. The molecule has 4 aromatic rings. The van der Waals surface area contributed by atoms with Crippen LogP contribution in [0.5, 0.6) is 0 Å². The van der Waals surface area contributed by atoms with Gasteiger partial charge in [0.05, 0.1) is 12.9 Å². The maximum atomic E-state index is 12.5. The number of thioether (sulfide) groups is 1. The number of aromatic amines is 1. The lowest BCUT2D eigenvalue weighted by molar-refractivity contribution is -0.161. The van der Waals surface area contributed by atoms with Gasteiger partial charge in [-0.1, -0.05) is 17.0 Å². The minimum absolute atomic E-state index is 0.00506. The zero-order chi connectivity index (χ0) is 27.2. The number of imidazole rings is 1. The number of aliphatic carboxylic acids is 1. The number of nitrogen functional groups attached to an aromatic ring is 1. The lowest BCUT2D eigenvalue weighted by atomic mass is 10.1. The largest absolute Gasteiger partial charge is 0.478 e. The van der Waals surface area contributed by atoms with Gasteiger partial charge in [-0.25, -0.2) is 14.6 Å². The average Bonchev–Trinajstić information content (AvgIpc) is 3.66. The third-order valence-electron chi connectivity index (χ3n) is 5.45. The first kappa shape index (κ1) is 26.2. The van der Waals surface area contributed by atoms with Crippen molar-refractivity contribution in [3.05, 3.63) is 33.8 Å². The highest BCUT2D eigenvalue weighted by molar-refractivity contribution is 8.00. The highest BCUT2D eigenvalue weighted by Gasteiger charge is 2.51. The quantitative estimate of drug-likeness (QED) is 0.0836. The summed E-state index contributed by atoms with van der Waals surface area (Å²) in [7, 11) is 0. The number of nitrogens with one attached hydrogen (secondary N) is 1. The molecule has 1 fully saturated rings. The highest BCUT2D eigenvalue weighted by Crippen LogP contribution is 2.44. The number of carboxylic acids is 2. The molecule has 4 aromatic heterocycles. The van der Waals surface area contributed by atoms with Crippen molar-refractivity contribution < 1.29 is 39.5 Å². The van der Waals surface area contributed by atoms with Gasteiger partial charge in [-0.3, -0.25) is 4.57 Å². The van der Waals surface area contributed by atoms with Crippen molar-refractivity contribution in [2.75, 3.05) is 12.3 Å². The molecule has 0 saturated carbocycles. The van der Waals surface area contributed by atoms with E-state index >= 15 is 0 Å². The van der Waals surface area contributed by atoms with Crippen LogP contribution in [0.1, 0.15) is 21.7 Å². The van der Waals surface area contributed by atoms with Crippen LogP contribution in [0.4, 0.5) is 5.82 Å². The predicted molar refractivity (Wildman–Crippen MR) is 127 cm³/mol. The summed E-state index contributed by atoms with van der Waals surface area (Å²) in [6.45, 7) is -0.566.